The first-order valence-electron chi connectivity index (χ1n) is 7.60. The van der Waals surface area contributed by atoms with Gasteiger partial charge in [-0.2, -0.15) is 0 Å². The highest BCUT2D eigenvalue weighted by atomic mass is 32.1. The van der Waals surface area contributed by atoms with Gasteiger partial charge in [0.15, 0.2) is 0 Å². The van der Waals surface area contributed by atoms with Crippen LogP contribution >= 0.6 is 11.3 Å². The molecule has 0 aromatic carbocycles. The Bertz CT molecular complexity index is 451. The highest BCUT2D eigenvalue weighted by Gasteiger charge is 2.44. The van der Waals surface area contributed by atoms with Gasteiger partial charge in [-0.25, -0.2) is 0 Å². The molecule has 0 radical (unpaired) electrons. The molecule has 3 aliphatic rings. The van der Waals surface area contributed by atoms with Crippen LogP contribution in [0.1, 0.15) is 32.1 Å². The van der Waals surface area contributed by atoms with Crippen molar-refractivity contribution in [1.82, 2.24) is 10.2 Å². The summed E-state index contributed by atoms with van der Waals surface area (Å²) >= 11 is 1.61. The first-order chi connectivity index (χ1) is 9.83. The van der Waals surface area contributed by atoms with Crippen molar-refractivity contribution in [2.45, 2.75) is 43.8 Å². The number of anilines is 1. The van der Waals surface area contributed by atoms with E-state index in [1.165, 1.54) is 12.8 Å². The molecule has 3 heterocycles. The lowest BCUT2D eigenvalue weighted by molar-refractivity contribution is -0.0129. The van der Waals surface area contributed by atoms with Crippen LogP contribution in [0, 0.1) is 5.92 Å². The van der Waals surface area contributed by atoms with Crippen molar-refractivity contribution in [2.75, 3.05) is 31.2 Å². The number of nitrogens with zero attached hydrogens (tertiary/aromatic N) is 3. The second kappa shape index (κ2) is 5.24. The topological polar surface area (TPSA) is 47.5 Å². The fraction of sp³-hybridized carbons (Fsp3) is 0.857. The Morgan fingerprint density at radius 1 is 1.50 bits per heavy atom. The summed E-state index contributed by atoms with van der Waals surface area (Å²) in [6, 6.07) is 0. The van der Waals surface area contributed by atoms with Gasteiger partial charge in [-0.3, -0.25) is 0 Å². The van der Waals surface area contributed by atoms with Gasteiger partial charge in [-0.05, 0) is 31.6 Å². The Labute approximate surface area is 123 Å². The van der Waals surface area contributed by atoms with Crippen molar-refractivity contribution in [3.05, 3.63) is 5.51 Å². The molecule has 2 aliphatic heterocycles. The standard InChI is InChI=1S/C14H21N3O2S/c1-4-14(9-17(5-1)13-16-15-10-20-13)6-12(8-19-14)18-7-11-2-3-11/h10-12H,1-9H2/t12-,14+/m1/s1. The lowest BCUT2D eigenvalue weighted by Crippen LogP contribution is -2.48. The van der Waals surface area contributed by atoms with Crippen molar-refractivity contribution in [2.24, 2.45) is 5.92 Å². The van der Waals surface area contributed by atoms with Gasteiger partial charge >= 0.3 is 0 Å². The monoisotopic (exact) mass is 295 g/mol. The van der Waals surface area contributed by atoms with Crippen LogP contribution in [-0.4, -0.2) is 48.2 Å². The van der Waals surface area contributed by atoms with Crippen LogP contribution in [0.5, 0.6) is 0 Å². The predicted molar refractivity (Wildman–Crippen MR) is 77.1 cm³/mol. The van der Waals surface area contributed by atoms with Gasteiger partial charge < -0.3 is 14.4 Å². The zero-order valence-corrected chi connectivity index (χ0v) is 12.5. The molecule has 2 atom stereocenters. The van der Waals surface area contributed by atoms with Crippen LogP contribution in [0.4, 0.5) is 5.13 Å². The van der Waals surface area contributed by atoms with Crippen molar-refractivity contribution >= 4 is 16.5 Å². The number of piperidine rings is 1. The third-order valence-corrected chi connectivity index (χ3v) is 5.35. The number of hydrogen-bond donors (Lipinski definition) is 0. The van der Waals surface area contributed by atoms with Crippen LogP contribution in [-0.2, 0) is 9.47 Å². The minimum atomic E-state index is -0.0157. The van der Waals surface area contributed by atoms with E-state index in [0.29, 0.717) is 6.10 Å². The van der Waals surface area contributed by atoms with Crippen LogP contribution < -0.4 is 4.90 Å². The molecule has 1 aromatic heterocycles. The summed E-state index contributed by atoms with van der Waals surface area (Å²) in [4.78, 5) is 2.32. The third-order valence-electron chi connectivity index (χ3n) is 4.60. The molecule has 0 unspecified atom stereocenters. The van der Waals surface area contributed by atoms with E-state index < -0.39 is 0 Å². The molecule has 6 heteroatoms. The Morgan fingerprint density at radius 3 is 3.25 bits per heavy atom. The molecular weight excluding hydrogens is 274 g/mol. The largest absolute Gasteiger partial charge is 0.375 e. The molecule has 0 N–H and O–H groups in total. The van der Waals surface area contributed by atoms with E-state index in [-0.39, 0.29) is 5.60 Å². The SMILES string of the molecule is c1nnc(N2CCC[C@]3(C[C@@H](OCC4CC4)CO3)C2)s1. The zero-order valence-electron chi connectivity index (χ0n) is 11.7. The first-order valence-corrected chi connectivity index (χ1v) is 8.48. The molecule has 5 nitrogen and oxygen atoms in total. The summed E-state index contributed by atoms with van der Waals surface area (Å²) in [5.74, 6) is 0.829. The lowest BCUT2D eigenvalue weighted by atomic mass is 9.89. The maximum absolute atomic E-state index is 6.16. The van der Waals surface area contributed by atoms with Gasteiger partial charge in [-0.1, -0.05) is 11.3 Å². The molecule has 0 bridgehead atoms. The maximum Gasteiger partial charge on any atom is 0.208 e. The molecule has 1 spiro atoms. The fourth-order valence-corrected chi connectivity index (χ4v) is 3.90. The molecule has 2 saturated heterocycles. The molecule has 1 aromatic rings. The van der Waals surface area contributed by atoms with E-state index in [1.807, 2.05) is 0 Å². The smallest absolute Gasteiger partial charge is 0.208 e. The average molecular weight is 295 g/mol. The number of hydrogen-bond acceptors (Lipinski definition) is 6. The van der Waals surface area contributed by atoms with Gasteiger partial charge in [0.2, 0.25) is 5.13 Å². The van der Waals surface area contributed by atoms with Gasteiger partial charge in [0.25, 0.3) is 0 Å². The Kier molecular flexibility index (Phi) is 3.40. The predicted octanol–water partition coefficient (Wildman–Crippen LogP) is 2.09. The van der Waals surface area contributed by atoms with Gasteiger partial charge in [-0.15, -0.1) is 10.2 Å². The zero-order chi connectivity index (χ0) is 13.4. The molecule has 4 rings (SSSR count). The summed E-state index contributed by atoms with van der Waals surface area (Å²) in [6.07, 6.45) is 6.34. The van der Waals surface area contributed by atoms with E-state index in [0.717, 1.165) is 56.6 Å². The first kappa shape index (κ1) is 13.0. The summed E-state index contributed by atoms with van der Waals surface area (Å²) in [5.41, 5.74) is 1.78. The van der Waals surface area contributed by atoms with Crippen LogP contribution in [0.15, 0.2) is 5.51 Å². The normalized spacial score (nSPS) is 34.0. The summed E-state index contributed by atoms with van der Waals surface area (Å²) in [7, 11) is 0. The second-order valence-electron chi connectivity index (χ2n) is 6.34. The average Bonchev–Trinajstić information content (AvgIpc) is 2.99. The van der Waals surface area contributed by atoms with E-state index in [9.17, 15) is 0 Å². The van der Waals surface area contributed by atoms with E-state index in [4.69, 9.17) is 9.47 Å². The minimum Gasteiger partial charge on any atom is -0.375 e. The highest BCUT2D eigenvalue weighted by Crippen LogP contribution is 2.38. The van der Waals surface area contributed by atoms with E-state index >= 15 is 0 Å². The molecule has 0 amide bonds. The minimum absolute atomic E-state index is 0.0157. The summed E-state index contributed by atoms with van der Waals surface area (Å²) < 4.78 is 12.2. The summed E-state index contributed by atoms with van der Waals surface area (Å²) in [5, 5.41) is 9.16. The maximum atomic E-state index is 6.16. The van der Waals surface area contributed by atoms with E-state index in [1.54, 1.807) is 16.8 Å². The van der Waals surface area contributed by atoms with Crippen molar-refractivity contribution < 1.29 is 9.47 Å². The number of aromatic nitrogens is 2. The molecule has 110 valence electrons. The number of rotatable bonds is 4. The fourth-order valence-electron chi connectivity index (χ4n) is 3.32. The second-order valence-corrected chi connectivity index (χ2v) is 7.15. The van der Waals surface area contributed by atoms with Crippen LogP contribution in [0.25, 0.3) is 0 Å². The quantitative estimate of drug-likeness (QED) is 0.851. The molecule has 20 heavy (non-hydrogen) atoms. The number of ether oxygens (including phenoxy) is 2. The lowest BCUT2D eigenvalue weighted by Gasteiger charge is -2.39. The third kappa shape index (κ3) is 2.69. The molecular formula is C14H21N3O2S. The Hall–Kier alpha value is -0.720. The van der Waals surface area contributed by atoms with Crippen molar-refractivity contribution in [1.29, 1.82) is 0 Å². The van der Waals surface area contributed by atoms with Gasteiger partial charge in [0.1, 0.15) is 5.51 Å². The van der Waals surface area contributed by atoms with Gasteiger partial charge in [0, 0.05) is 26.1 Å². The van der Waals surface area contributed by atoms with Crippen molar-refractivity contribution in [3.63, 3.8) is 0 Å². The Morgan fingerprint density at radius 2 is 2.45 bits per heavy atom. The Balaban J connectivity index is 1.37. The highest BCUT2D eigenvalue weighted by molar-refractivity contribution is 7.13. The van der Waals surface area contributed by atoms with Crippen molar-refractivity contribution in [3.8, 4) is 0 Å². The van der Waals surface area contributed by atoms with Gasteiger partial charge in [0.05, 0.1) is 18.3 Å². The van der Waals surface area contributed by atoms with Crippen LogP contribution in [0.3, 0.4) is 0 Å². The molecule has 3 fully saturated rings. The van der Waals surface area contributed by atoms with E-state index in [2.05, 4.69) is 15.1 Å². The molecule has 1 aliphatic carbocycles. The molecule has 1 saturated carbocycles. The van der Waals surface area contributed by atoms with Crippen LogP contribution in [0.2, 0.25) is 0 Å². The summed E-state index contributed by atoms with van der Waals surface area (Å²) in [6.45, 7) is 3.69.